The third-order valence-electron chi connectivity index (χ3n) is 8.33. The Hall–Kier alpha value is -4.55. The van der Waals surface area contributed by atoms with E-state index in [0.29, 0.717) is 27.5 Å². The first-order valence-corrected chi connectivity index (χ1v) is 13.3. The molecule has 0 aliphatic carbocycles. The summed E-state index contributed by atoms with van der Waals surface area (Å²) in [5.74, 6) is -2.64. The van der Waals surface area contributed by atoms with Crippen LogP contribution >= 0.6 is 11.6 Å². The summed E-state index contributed by atoms with van der Waals surface area (Å²) in [5, 5.41) is 3.53. The molecule has 4 atom stereocenters. The van der Waals surface area contributed by atoms with Crippen molar-refractivity contribution in [3.05, 3.63) is 136 Å². The fourth-order valence-corrected chi connectivity index (χ4v) is 6.90. The Morgan fingerprint density at radius 2 is 1.55 bits per heavy atom. The van der Waals surface area contributed by atoms with Gasteiger partial charge < -0.3 is 10.2 Å². The maximum Gasteiger partial charge on any atom is 0.238 e. The van der Waals surface area contributed by atoms with E-state index in [1.165, 1.54) is 24.3 Å². The Bertz CT molecular complexity index is 1740. The molecule has 0 bridgehead atoms. The van der Waals surface area contributed by atoms with Gasteiger partial charge in [-0.15, -0.1) is 0 Å². The number of hydrogen-bond donors (Lipinski definition) is 1. The van der Waals surface area contributed by atoms with Crippen LogP contribution in [0.15, 0.2) is 103 Å². The second-order valence-electron chi connectivity index (χ2n) is 10.3. The monoisotopic (exact) mass is 548 g/mol. The molecule has 40 heavy (non-hydrogen) atoms. The van der Waals surface area contributed by atoms with Gasteiger partial charge in [0.25, 0.3) is 0 Å². The number of nitrogens with one attached hydrogen (secondary N) is 1. The van der Waals surface area contributed by atoms with E-state index in [9.17, 15) is 18.8 Å². The molecule has 0 unspecified atom stereocenters. The first-order chi connectivity index (χ1) is 19.4. The van der Waals surface area contributed by atoms with Crippen LogP contribution in [-0.2, 0) is 10.2 Å². The van der Waals surface area contributed by atoms with E-state index in [-0.39, 0.29) is 17.3 Å². The predicted molar refractivity (Wildman–Crippen MR) is 152 cm³/mol. The van der Waals surface area contributed by atoms with E-state index < -0.39 is 35.0 Å². The number of nitrogens with zero attached hydrogens (tertiary/aromatic N) is 1. The van der Waals surface area contributed by atoms with Crippen molar-refractivity contribution in [2.24, 2.45) is 5.92 Å². The highest BCUT2D eigenvalue weighted by Gasteiger charge is 2.70. The van der Waals surface area contributed by atoms with Gasteiger partial charge in [0, 0.05) is 27.5 Å². The number of anilines is 2. The highest BCUT2D eigenvalue weighted by Crippen LogP contribution is 2.58. The molecule has 1 N–H and O–H groups in total. The van der Waals surface area contributed by atoms with Crippen LogP contribution in [0.2, 0.25) is 5.02 Å². The molecular formula is C33H22ClFN2O3. The highest BCUT2D eigenvalue weighted by molar-refractivity contribution is 6.31. The number of rotatable bonds is 4. The van der Waals surface area contributed by atoms with E-state index in [1.807, 2.05) is 47.4 Å². The summed E-state index contributed by atoms with van der Waals surface area (Å²) >= 11 is 6.33. The fraction of sp³-hybridized carbons (Fsp3) is 0.121. The zero-order valence-corrected chi connectivity index (χ0v) is 21.8. The molecule has 3 aliphatic rings. The van der Waals surface area contributed by atoms with Crippen LogP contribution in [0.4, 0.5) is 15.8 Å². The average Bonchev–Trinajstić information content (AvgIpc) is 3.45. The zero-order chi connectivity index (χ0) is 27.6. The predicted octanol–water partition coefficient (Wildman–Crippen LogP) is 6.34. The van der Waals surface area contributed by atoms with Crippen molar-refractivity contribution >= 4 is 46.5 Å². The largest absolute Gasteiger partial charge is 0.352 e. The summed E-state index contributed by atoms with van der Waals surface area (Å²) in [6.07, 6.45) is 3.79. The summed E-state index contributed by atoms with van der Waals surface area (Å²) in [4.78, 5) is 45.3. The lowest BCUT2D eigenvalue weighted by molar-refractivity contribution is -0.121. The SMILES string of the molecule is O=C(c1ccccc1)[C@@H]1[C@H](C(=O)c2ccc(F)cc2)[C@@]2(C(=O)Nc3ccccc32)[C@H]2C=Cc3cc(Cl)ccc3N12. The lowest BCUT2D eigenvalue weighted by atomic mass is 9.64. The summed E-state index contributed by atoms with van der Waals surface area (Å²) in [6.45, 7) is 0. The molecule has 7 heteroatoms. The molecule has 1 saturated heterocycles. The molecule has 196 valence electrons. The molecule has 1 amide bonds. The Labute approximate surface area is 234 Å². The maximum absolute atomic E-state index is 14.6. The second-order valence-corrected chi connectivity index (χ2v) is 10.7. The topological polar surface area (TPSA) is 66.5 Å². The van der Waals surface area contributed by atoms with Gasteiger partial charge in [-0.25, -0.2) is 4.39 Å². The van der Waals surface area contributed by atoms with Crippen molar-refractivity contribution in [3.63, 3.8) is 0 Å². The number of Topliss-reactive ketones (excluding diaryl/α,β-unsaturated/α-hetero) is 2. The number of fused-ring (bicyclic) bond motifs is 6. The Morgan fingerprint density at radius 1 is 0.850 bits per heavy atom. The van der Waals surface area contributed by atoms with Gasteiger partial charge in [0.05, 0.1) is 12.0 Å². The number of carbonyl (C=O) groups is 3. The van der Waals surface area contributed by atoms with Gasteiger partial charge in [-0.1, -0.05) is 72.3 Å². The van der Waals surface area contributed by atoms with E-state index in [0.717, 1.165) is 5.56 Å². The van der Waals surface area contributed by atoms with Crippen molar-refractivity contribution in [1.82, 2.24) is 0 Å². The molecule has 3 heterocycles. The Morgan fingerprint density at radius 3 is 2.33 bits per heavy atom. The number of para-hydroxylation sites is 1. The third kappa shape index (κ3) is 3.36. The molecule has 0 radical (unpaired) electrons. The minimum atomic E-state index is -1.43. The first-order valence-electron chi connectivity index (χ1n) is 13.0. The van der Waals surface area contributed by atoms with Crippen molar-refractivity contribution in [2.45, 2.75) is 17.5 Å². The van der Waals surface area contributed by atoms with Crippen LogP contribution in [-0.4, -0.2) is 29.6 Å². The van der Waals surface area contributed by atoms with Crippen LogP contribution in [0.1, 0.15) is 31.8 Å². The summed E-state index contributed by atoms with van der Waals surface area (Å²) in [5.41, 5.74) is 1.98. The lowest BCUT2D eigenvalue weighted by Crippen LogP contribution is -2.51. The van der Waals surface area contributed by atoms with Crippen LogP contribution in [0.25, 0.3) is 6.08 Å². The molecule has 7 rings (SSSR count). The van der Waals surface area contributed by atoms with Crippen LogP contribution in [0.3, 0.4) is 0 Å². The number of amides is 1. The summed E-state index contributed by atoms with van der Waals surface area (Å²) in [6, 6.07) is 25.0. The molecule has 1 spiro atoms. The first kappa shape index (κ1) is 24.5. The number of carbonyl (C=O) groups excluding carboxylic acids is 3. The van der Waals surface area contributed by atoms with E-state index >= 15 is 0 Å². The quantitative estimate of drug-likeness (QED) is 0.302. The van der Waals surface area contributed by atoms with Gasteiger partial charge in [-0.3, -0.25) is 14.4 Å². The van der Waals surface area contributed by atoms with Crippen molar-refractivity contribution in [3.8, 4) is 0 Å². The summed E-state index contributed by atoms with van der Waals surface area (Å²) in [7, 11) is 0. The standard InChI is InChI=1S/C33H22ClFN2O3/c34-22-13-16-26-21(18-22)12-17-27-33(24-8-4-5-9-25(24)36-32(33)40)28(30(38)20-10-14-23(35)15-11-20)29(37(26)27)31(39)19-6-2-1-3-7-19/h1-18,27-29H,(H,36,40)/t27-,28-,29+,33+/m1/s1. The minimum Gasteiger partial charge on any atom is -0.352 e. The molecule has 4 aromatic rings. The minimum absolute atomic E-state index is 0.231. The summed E-state index contributed by atoms with van der Waals surface area (Å²) < 4.78 is 13.9. The molecule has 5 nitrogen and oxygen atoms in total. The van der Waals surface area contributed by atoms with Crippen molar-refractivity contribution < 1.29 is 18.8 Å². The fourth-order valence-electron chi connectivity index (χ4n) is 6.72. The van der Waals surface area contributed by atoms with Gasteiger partial charge in [-0.05, 0) is 59.7 Å². The Balaban J connectivity index is 1.54. The number of ketones is 2. The van der Waals surface area contributed by atoms with Gasteiger partial charge in [0.2, 0.25) is 5.91 Å². The zero-order valence-electron chi connectivity index (χ0n) is 21.1. The molecule has 0 aromatic heterocycles. The molecular weight excluding hydrogens is 527 g/mol. The van der Waals surface area contributed by atoms with Gasteiger partial charge in [-0.2, -0.15) is 0 Å². The van der Waals surface area contributed by atoms with Crippen molar-refractivity contribution in [1.29, 1.82) is 0 Å². The third-order valence-corrected chi connectivity index (χ3v) is 8.57. The van der Waals surface area contributed by atoms with Gasteiger partial charge >= 0.3 is 0 Å². The van der Waals surface area contributed by atoms with Crippen LogP contribution in [0.5, 0.6) is 0 Å². The average molecular weight is 549 g/mol. The van der Waals surface area contributed by atoms with Gasteiger partial charge in [0.15, 0.2) is 11.6 Å². The molecule has 0 saturated carbocycles. The van der Waals surface area contributed by atoms with E-state index in [1.54, 1.807) is 42.5 Å². The van der Waals surface area contributed by atoms with Crippen LogP contribution in [0, 0.1) is 11.7 Å². The molecule has 3 aliphatic heterocycles. The molecule has 1 fully saturated rings. The maximum atomic E-state index is 14.6. The number of benzene rings is 4. The number of halogens is 2. The van der Waals surface area contributed by atoms with Crippen LogP contribution < -0.4 is 10.2 Å². The smallest absolute Gasteiger partial charge is 0.238 e. The molecule has 4 aromatic carbocycles. The van der Waals surface area contributed by atoms with Crippen molar-refractivity contribution in [2.75, 3.05) is 10.2 Å². The lowest BCUT2D eigenvalue weighted by Gasteiger charge is -2.37. The normalized spacial score (nSPS) is 23.9. The number of hydrogen-bond acceptors (Lipinski definition) is 4. The van der Waals surface area contributed by atoms with E-state index in [2.05, 4.69) is 5.32 Å². The Kier molecular flexibility index (Phi) is 5.51. The van der Waals surface area contributed by atoms with Gasteiger partial charge in [0.1, 0.15) is 17.3 Å². The van der Waals surface area contributed by atoms with E-state index in [4.69, 9.17) is 11.6 Å². The second kappa shape index (κ2) is 9.00. The highest BCUT2D eigenvalue weighted by atomic mass is 35.5.